The van der Waals surface area contributed by atoms with E-state index in [9.17, 15) is 0 Å². The molecule has 0 saturated carbocycles. The molecule has 362 valence electrons. The van der Waals surface area contributed by atoms with E-state index in [1.54, 1.807) is 0 Å². The molecule has 0 N–H and O–H groups in total. The van der Waals surface area contributed by atoms with Gasteiger partial charge in [0.25, 0.3) is 0 Å². The highest BCUT2D eigenvalue weighted by atomic mass is 15.0. The smallest absolute Gasteiger partial charge is 0.0619 e. The summed E-state index contributed by atoms with van der Waals surface area (Å²) in [6, 6.07) is 97.0. The van der Waals surface area contributed by atoms with Crippen LogP contribution in [0.2, 0.25) is 0 Å². The molecule has 0 radical (unpaired) electrons. The van der Waals surface area contributed by atoms with Crippen molar-refractivity contribution in [3.63, 3.8) is 0 Å². The van der Waals surface area contributed by atoms with Crippen LogP contribution in [0.15, 0.2) is 298 Å². The molecule has 0 saturated heterocycles. The Balaban J connectivity index is 0.00000317. The van der Waals surface area contributed by atoms with Crippen LogP contribution < -0.4 is 0 Å². The lowest BCUT2D eigenvalue weighted by atomic mass is 9.73. The van der Waals surface area contributed by atoms with Gasteiger partial charge in [-0.25, -0.2) is 0 Å². The van der Waals surface area contributed by atoms with Crippen LogP contribution in [0, 0.1) is 0 Å². The highest BCUT2D eigenvalue weighted by Gasteiger charge is 2.31. The molecule has 1 aromatic heterocycles. The monoisotopic (exact) mass is 963 g/mol. The number of benzene rings is 10. The van der Waals surface area contributed by atoms with E-state index in [0.29, 0.717) is 0 Å². The zero-order valence-electron chi connectivity index (χ0n) is 43.1. The normalized spacial score (nSPS) is 11.3. The molecule has 1 heterocycles. The first kappa shape index (κ1) is 49.3. The molecular weight excluding hydrogens is 903 g/mol. The summed E-state index contributed by atoms with van der Waals surface area (Å²) < 4.78 is 2.51. The van der Waals surface area contributed by atoms with E-state index in [0.717, 1.165) is 73.6 Å². The molecule has 0 unspecified atom stereocenters. The fraction of sp³-hybridized carbons (Fsp3) is 0.0541. The van der Waals surface area contributed by atoms with Crippen LogP contribution in [-0.2, 0) is 0 Å². The fourth-order valence-electron chi connectivity index (χ4n) is 10.7. The van der Waals surface area contributed by atoms with Crippen LogP contribution in [0.1, 0.15) is 32.8 Å². The summed E-state index contributed by atoms with van der Waals surface area (Å²) in [7, 11) is 0. The third-order valence-corrected chi connectivity index (χ3v) is 13.8. The zero-order valence-corrected chi connectivity index (χ0v) is 43.1. The largest absolute Gasteiger partial charge is 0.308 e. The molecule has 75 heavy (non-hydrogen) atoms. The van der Waals surface area contributed by atoms with Crippen molar-refractivity contribution in [2.75, 3.05) is 0 Å². The number of hydrogen-bond acceptors (Lipinski definition) is 0. The van der Waals surface area contributed by atoms with Crippen molar-refractivity contribution in [3.05, 3.63) is 303 Å². The summed E-state index contributed by atoms with van der Waals surface area (Å²) in [6.45, 7) is 10.4. The predicted octanol–water partition coefficient (Wildman–Crippen LogP) is 21.0. The summed E-state index contributed by atoms with van der Waals surface area (Å²) >= 11 is 0. The van der Waals surface area contributed by atoms with Crippen LogP contribution in [0.5, 0.6) is 0 Å². The molecule has 0 amide bonds. The van der Waals surface area contributed by atoms with E-state index in [1.165, 1.54) is 50.1 Å². The molecule has 0 aliphatic heterocycles. The molecule has 0 spiro atoms. The number of hydrogen-bond donors (Lipinski definition) is 0. The van der Waals surface area contributed by atoms with Gasteiger partial charge in [0, 0.05) is 16.8 Å². The van der Waals surface area contributed by atoms with Gasteiger partial charge >= 0.3 is 0 Å². The summed E-state index contributed by atoms with van der Waals surface area (Å²) in [6.07, 6.45) is 9.30. The van der Waals surface area contributed by atoms with Crippen molar-refractivity contribution in [1.29, 1.82) is 0 Å². The van der Waals surface area contributed by atoms with E-state index < -0.39 is 0 Å². The number of allylic oxidation sites excluding steroid dienone is 5. The SMILES string of the molecule is C=C/C=C(\C/C=C\C)c1c(-c2ccccc2)c(-c2ccccc2)c(-c2ccc(-n3c(-c4ccccc4)c(-c4ccccc4)c(-c4ccccc4)c3-c3ccccc3)cc2)c(-c2ccccc2)c1-c1ccccc1.CC. The molecular formula is C74H61N. The van der Waals surface area contributed by atoms with Crippen molar-refractivity contribution in [2.24, 2.45) is 0 Å². The lowest BCUT2D eigenvalue weighted by Crippen LogP contribution is -2.05. The Morgan fingerprint density at radius 2 is 0.600 bits per heavy atom. The molecule has 11 rings (SSSR count). The zero-order chi connectivity index (χ0) is 51.3. The molecule has 0 bridgehead atoms. The van der Waals surface area contributed by atoms with Crippen LogP contribution in [-0.4, -0.2) is 4.57 Å². The second kappa shape index (κ2) is 23.5. The van der Waals surface area contributed by atoms with E-state index in [-0.39, 0.29) is 0 Å². The molecule has 11 aromatic rings. The van der Waals surface area contributed by atoms with Crippen molar-refractivity contribution in [3.8, 4) is 106 Å². The third kappa shape index (κ3) is 9.97. The van der Waals surface area contributed by atoms with Gasteiger partial charge in [-0.1, -0.05) is 300 Å². The Labute approximate surface area is 444 Å². The fourth-order valence-corrected chi connectivity index (χ4v) is 10.7. The lowest BCUT2D eigenvalue weighted by molar-refractivity contribution is 1.10. The second-order valence-electron chi connectivity index (χ2n) is 18.2. The maximum Gasteiger partial charge on any atom is 0.0619 e. The van der Waals surface area contributed by atoms with Gasteiger partial charge in [0.05, 0.1) is 11.4 Å². The molecule has 0 aliphatic carbocycles. The maximum absolute atomic E-state index is 4.29. The van der Waals surface area contributed by atoms with E-state index in [4.69, 9.17) is 0 Å². The Morgan fingerprint density at radius 3 is 0.907 bits per heavy atom. The first-order valence-electron chi connectivity index (χ1n) is 26.2. The average molecular weight is 964 g/mol. The van der Waals surface area contributed by atoms with Gasteiger partial charge in [0.2, 0.25) is 0 Å². The van der Waals surface area contributed by atoms with Crippen LogP contribution in [0.3, 0.4) is 0 Å². The third-order valence-electron chi connectivity index (χ3n) is 13.8. The number of aromatic nitrogens is 1. The summed E-state index contributed by atoms with van der Waals surface area (Å²) in [4.78, 5) is 0. The minimum absolute atomic E-state index is 0.735. The Hall–Kier alpha value is -9.30. The lowest BCUT2D eigenvalue weighted by Gasteiger charge is -2.29. The van der Waals surface area contributed by atoms with Crippen LogP contribution in [0.4, 0.5) is 0 Å². The number of rotatable bonds is 14. The quantitative estimate of drug-likeness (QED) is 0.0756. The highest BCUT2D eigenvalue weighted by molar-refractivity contribution is 6.13. The number of nitrogens with zero attached hydrogens (tertiary/aromatic N) is 1. The van der Waals surface area contributed by atoms with Crippen molar-refractivity contribution >= 4 is 5.57 Å². The highest BCUT2D eigenvalue weighted by Crippen LogP contribution is 2.56. The van der Waals surface area contributed by atoms with Crippen molar-refractivity contribution in [2.45, 2.75) is 27.2 Å². The summed E-state index contributed by atoms with van der Waals surface area (Å²) in [5.41, 5.74) is 24.3. The molecule has 1 nitrogen and oxygen atoms in total. The summed E-state index contributed by atoms with van der Waals surface area (Å²) in [5.74, 6) is 0. The van der Waals surface area contributed by atoms with E-state index in [1.807, 2.05) is 19.9 Å². The van der Waals surface area contributed by atoms with Crippen LogP contribution in [0.25, 0.3) is 112 Å². The molecule has 1 heteroatoms. The minimum atomic E-state index is 0.735. The molecule has 0 aliphatic rings. The van der Waals surface area contributed by atoms with E-state index in [2.05, 4.69) is 303 Å². The van der Waals surface area contributed by atoms with Crippen molar-refractivity contribution < 1.29 is 0 Å². The minimum Gasteiger partial charge on any atom is -0.308 e. The Kier molecular flexibility index (Phi) is 15.4. The van der Waals surface area contributed by atoms with Gasteiger partial charge < -0.3 is 4.57 Å². The van der Waals surface area contributed by atoms with Gasteiger partial charge in [-0.15, -0.1) is 0 Å². The van der Waals surface area contributed by atoms with Gasteiger partial charge in [-0.3, -0.25) is 0 Å². The molecule has 0 fully saturated rings. The first-order valence-corrected chi connectivity index (χ1v) is 26.2. The van der Waals surface area contributed by atoms with Gasteiger partial charge in [-0.05, 0) is 115 Å². The topological polar surface area (TPSA) is 4.93 Å². The van der Waals surface area contributed by atoms with Gasteiger partial charge in [0.1, 0.15) is 0 Å². The Morgan fingerprint density at radius 1 is 0.333 bits per heavy atom. The van der Waals surface area contributed by atoms with Crippen LogP contribution >= 0.6 is 0 Å². The summed E-state index contributed by atoms with van der Waals surface area (Å²) in [5, 5.41) is 0. The first-order chi connectivity index (χ1) is 37.2. The van der Waals surface area contributed by atoms with Gasteiger partial charge in [-0.2, -0.15) is 0 Å². The predicted molar refractivity (Wildman–Crippen MR) is 324 cm³/mol. The molecule has 0 atom stereocenters. The van der Waals surface area contributed by atoms with Crippen molar-refractivity contribution in [1.82, 2.24) is 4.57 Å². The maximum atomic E-state index is 4.29. The Bertz CT molecular complexity index is 3480. The second-order valence-corrected chi connectivity index (χ2v) is 18.2. The average Bonchev–Trinajstić information content (AvgIpc) is 3.89. The molecule has 10 aromatic carbocycles. The standard InChI is InChI=1S/C72H55N.C2H6/c1-3-5-31-52(30-4-2)63-64(53-32-14-6-15-33-53)66(55-36-18-8-19-37-55)68(67(56-38-20-9-21-39-56)65(63)54-34-16-7-17-35-54)59-48-50-62(51-49-59)73-71(60-44-26-12-27-45-60)69(57-40-22-10-23-41-57)70(58-42-24-11-25-43-58)72(73)61-46-28-13-29-47-61;1-2/h3-30,32-51H,2,31H2,1H3;1-2H3/b5-3-,52-30+;. The van der Waals surface area contributed by atoms with Gasteiger partial charge in [0.15, 0.2) is 0 Å². The van der Waals surface area contributed by atoms with E-state index >= 15 is 0 Å².